The minimum absolute atomic E-state index is 0.00640. The van der Waals surface area contributed by atoms with Gasteiger partial charge >= 0.3 is 5.97 Å². The zero-order chi connectivity index (χ0) is 47.2. The molecule has 0 aromatic heterocycles. The molecule has 380 valence electrons. The highest BCUT2D eigenvalue weighted by Gasteiger charge is 2.20. The maximum absolute atomic E-state index is 12.4. The SMILES string of the molecule is CCCC/C=C\C/C=C\CCCCCCCC(=O)OCCCCCCCCCCC/C=C\C/C=C\CCCCCCCCCCCC(=O)NC(CO)C(O)CCCCCCCCCCC. The lowest BCUT2D eigenvalue weighted by atomic mass is 10.0. The molecule has 6 heteroatoms. The summed E-state index contributed by atoms with van der Waals surface area (Å²) in [6.07, 6.45) is 68.3. The maximum Gasteiger partial charge on any atom is 0.305 e. The number of carbonyl (C=O) groups excluding carboxylic acids is 2. The van der Waals surface area contributed by atoms with Gasteiger partial charge < -0.3 is 20.3 Å². The maximum atomic E-state index is 12.4. The van der Waals surface area contributed by atoms with Crippen molar-refractivity contribution in [2.75, 3.05) is 13.2 Å². The first kappa shape index (κ1) is 62.8. The number of hydrogen-bond donors (Lipinski definition) is 3. The first-order valence-electron chi connectivity index (χ1n) is 28.4. The van der Waals surface area contributed by atoms with E-state index in [4.69, 9.17) is 4.74 Å². The standard InChI is InChI=1S/C59H109NO5/c1-3-5-7-9-11-13-14-15-30-33-37-41-45-49-53-59(64)65-54-50-46-42-38-34-31-28-26-24-22-20-18-16-17-19-21-23-25-27-29-32-36-40-44-48-52-58(63)60-56(55-61)57(62)51-47-43-39-35-12-10-8-6-4-2/h9,11,14-15,17-20,56-57,61-62H,3-8,10,12-13,16,21-55H2,1-2H3,(H,60,63)/b11-9-,15-14-,19-17-,20-18-. The average molecular weight is 913 g/mol. The van der Waals surface area contributed by atoms with Crippen LogP contribution in [0.3, 0.4) is 0 Å². The molecule has 2 atom stereocenters. The highest BCUT2D eigenvalue weighted by molar-refractivity contribution is 5.76. The molecule has 0 rings (SSSR count). The fraction of sp³-hybridized carbons (Fsp3) is 0.831. The van der Waals surface area contributed by atoms with Gasteiger partial charge in [-0.3, -0.25) is 9.59 Å². The van der Waals surface area contributed by atoms with Crippen LogP contribution in [0.4, 0.5) is 0 Å². The Kier molecular flexibility index (Phi) is 52.6. The van der Waals surface area contributed by atoms with E-state index in [1.807, 2.05) is 0 Å². The summed E-state index contributed by atoms with van der Waals surface area (Å²) < 4.78 is 5.46. The van der Waals surface area contributed by atoms with Crippen molar-refractivity contribution in [3.8, 4) is 0 Å². The van der Waals surface area contributed by atoms with Gasteiger partial charge in [0.05, 0.1) is 25.4 Å². The zero-order valence-corrected chi connectivity index (χ0v) is 43.2. The van der Waals surface area contributed by atoms with E-state index in [1.54, 1.807) is 0 Å². The summed E-state index contributed by atoms with van der Waals surface area (Å²) in [6, 6.07) is -0.544. The highest BCUT2D eigenvalue weighted by atomic mass is 16.5. The number of allylic oxidation sites excluding steroid dienone is 8. The van der Waals surface area contributed by atoms with E-state index < -0.39 is 12.1 Å². The molecule has 1 amide bonds. The lowest BCUT2D eigenvalue weighted by Crippen LogP contribution is -2.45. The molecule has 0 aromatic carbocycles. The van der Waals surface area contributed by atoms with Gasteiger partial charge in [-0.05, 0) is 83.5 Å². The molecule has 0 aliphatic rings. The van der Waals surface area contributed by atoms with E-state index in [9.17, 15) is 19.8 Å². The molecule has 65 heavy (non-hydrogen) atoms. The van der Waals surface area contributed by atoms with Gasteiger partial charge in [-0.2, -0.15) is 0 Å². The van der Waals surface area contributed by atoms with Gasteiger partial charge in [0.25, 0.3) is 0 Å². The van der Waals surface area contributed by atoms with E-state index in [0.29, 0.717) is 25.9 Å². The van der Waals surface area contributed by atoms with Crippen LogP contribution >= 0.6 is 0 Å². The Morgan fingerprint density at radius 3 is 1.22 bits per heavy atom. The van der Waals surface area contributed by atoms with Gasteiger partial charge in [0, 0.05) is 12.8 Å². The average Bonchev–Trinajstić information content (AvgIpc) is 3.31. The van der Waals surface area contributed by atoms with Crippen LogP contribution in [0.25, 0.3) is 0 Å². The van der Waals surface area contributed by atoms with Crippen LogP contribution in [-0.4, -0.2) is 47.4 Å². The van der Waals surface area contributed by atoms with Crippen LogP contribution in [0.5, 0.6) is 0 Å². The number of aliphatic hydroxyl groups is 2. The Hall–Kier alpha value is -2.18. The van der Waals surface area contributed by atoms with Crippen LogP contribution in [0.2, 0.25) is 0 Å². The number of hydrogen-bond acceptors (Lipinski definition) is 5. The topological polar surface area (TPSA) is 95.9 Å². The summed E-state index contributed by atoms with van der Waals surface area (Å²) in [5.41, 5.74) is 0. The third-order valence-electron chi connectivity index (χ3n) is 12.9. The van der Waals surface area contributed by atoms with Gasteiger partial charge in [-0.1, -0.05) is 242 Å². The van der Waals surface area contributed by atoms with E-state index >= 15 is 0 Å². The van der Waals surface area contributed by atoms with E-state index in [0.717, 1.165) is 57.8 Å². The number of amides is 1. The summed E-state index contributed by atoms with van der Waals surface area (Å²) in [6.45, 7) is 4.87. The molecule has 6 nitrogen and oxygen atoms in total. The Balaban J connectivity index is 3.42. The number of esters is 1. The normalized spacial score (nSPS) is 13.0. The largest absolute Gasteiger partial charge is 0.466 e. The van der Waals surface area contributed by atoms with Gasteiger partial charge in [0.15, 0.2) is 0 Å². The third-order valence-corrected chi connectivity index (χ3v) is 12.9. The molecule has 0 bridgehead atoms. The van der Waals surface area contributed by atoms with Crippen LogP contribution in [0.1, 0.15) is 290 Å². The highest BCUT2D eigenvalue weighted by Crippen LogP contribution is 2.16. The Bertz CT molecular complexity index is 1100. The molecule has 0 aromatic rings. The van der Waals surface area contributed by atoms with Gasteiger partial charge in [0.2, 0.25) is 5.91 Å². The minimum Gasteiger partial charge on any atom is -0.466 e. The summed E-state index contributed by atoms with van der Waals surface area (Å²) in [5, 5.41) is 23.1. The fourth-order valence-corrected chi connectivity index (χ4v) is 8.45. The number of unbranched alkanes of at least 4 members (excludes halogenated alkanes) is 33. The first-order chi connectivity index (χ1) is 32.0. The number of ether oxygens (including phenoxy) is 1. The Morgan fingerprint density at radius 1 is 0.431 bits per heavy atom. The van der Waals surface area contributed by atoms with Crippen molar-refractivity contribution in [1.82, 2.24) is 5.32 Å². The zero-order valence-electron chi connectivity index (χ0n) is 43.2. The monoisotopic (exact) mass is 912 g/mol. The van der Waals surface area contributed by atoms with Gasteiger partial charge in [-0.15, -0.1) is 0 Å². The smallest absolute Gasteiger partial charge is 0.305 e. The van der Waals surface area contributed by atoms with Crippen molar-refractivity contribution < 1.29 is 24.5 Å². The van der Waals surface area contributed by atoms with Crippen molar-refractivity contribution in [1.29, 1.82) is 0 Å². The summed E-state index contributed by atoms with van der Waals surface area (Å²) in [4.78, 5) is 24.4. The fourth-order valence-electron chi connectivity index (χ4n) is 8.45. The molecule has 0 heterocycles. The van der Waals surface area contributed by atoms with Gasteiger partial charge in [-0.25, -0.2) is 0 Å². The van der Waals surface area contributed by atoms with Crippen molar-refractivity contribution in [2.45, 2.75) is 302 Å². The van der Waals surface area contributed by atoms with Crippen LogP contribution in [0, 0.1) is 0 Å². The van der Waals surface area contributed by atoms with Crippen molar-refractivity contribution >= 4 is 11.9 Å². The molecule has 0 aliphatic heterocycles. The number of rotatable bonds is 52. The van der Waals surface area contributed by atoms with Crippen molar-refractivity contribution in [2.24, 2.45) is 0 Å². The molecule has 2 unspecified atom stereocenters. The van der Waals surface area contributed by atoms with E-state index in [-0.39, 0.29) is 18.5 Å². The quantitative estimate of drug-likeness (QED) is 0.0321. The molecule has 0 spiro atoms. The number of nitrogens with one attached hydrogen (secondary N) is 1. The molecule has 3 N–H and O–H groups in total. The number of aliphatic hydroxyl groups excluding tert-OH is 2. The second-order valence-electron chi connectivity index (χ2n) is 19.3. The predicted octanol–water partition coefficient (Wildman–Crippen LogP) is 17.4. The molecule has 0 saturated heterocycles. The van der Waals surface area contributed by atoms with Crippen LogP contribution < -0.4 is 5.32 Å². The Morgan fingerprint density at radius 2 is 0.785 bits per heavy atom. The second-order valence-corrected chi connectivity index (χ2v) is 19.3. The molecule has 0 fully saturated rings. The second kappa shape index (κ2) is 54.4. The molecular weight excluding hydrogens is 803 g/mol. The summed E-state index contributed by atoms with van der Waals surface area (Å²) in [5.74, 6) is -0.0508. The molecule has 0 radical (unpaired) electrons. The predicted molar refractivity (Wildman–Crippen MR) is 282 cm³/mol. The van der Waals surface area contributed by atoms with Crippen LogP contribution in [-0.2, 0) is 14.3 Å². The van der Waals surface area contributed by atoms with Gasteiger partial charge in [0.1, 0.15) is 0 Å². The van der Waals surface area contributed by atoms with Crippen LogP contribution in [0.15, 0.2) is 48.6 Å². The molecule has 0 aliphatic carbocycles. The molecular formula is C59H109NO5. The lowest BCUT2D eigenvalue weighted by molar-refractivity contribution is -0.143. The number of carbonyl (C=O) groups is 2. The minimum atomic E-state index is -0.666. The van der Waals surface area contributed by atoms with Crippen molar-refractivity contribution in [3.05, 3.63) is 48.6 Å². The molecule has 0 saturated carbocycles. The van der Waals surface area contributed by atoms with E-state index in [1.165, 1.54) is 199 Å². The first-order valence-corrected chi connectivity index (χ1v) is 28.4. The lowest BCUT2D eigenvalue weighted by Gasteiger charge is -2.22. The Labute approximate surface area is 404 Å². The van der Waals surface area contributed by atoms with Crippen molar-refractivity contribution in [3.63, 3.8) is 0 Å². The van der Waals surface area contributed by atoms with E-state index in [2.05, 4.69) is 67.8 Å². The summed E-state index contributed by atoms with van der Waals surface area (Å²) in [7, 11) is 0. The third kappa shape index (κ3) is 51.1. The summed E-state index contributed by atoms with van der Waals surface area (Å²) >= 11 is 0.